The van der Waals surface area contributed by atoms with Crippen molar-refractivity contribution in [3.05, 3.63) is 36.4 Å². The summed E-state index contributed by atoms with van der Waals surface area (Å²) in [5.41, 5.74) is 1.00. The van der Waals surface area contributed by atoms with Gasteiger partial charge in [-0.15, -0.1) is 0 Å². The summed E-state index contributed by atoms with van der Waals surface area (Å²) in [6.45, 7) is 2.44. The highest BCUT2D eigenvalue weighted by Gasteiger charge is 2.08. The van der Waals surface area contributed by atoms with Crippen LogP contribution in [0.25, 0.3) is 5.52 Å². The molecule has 0 unspecified atom stereocenters. The molecular weight excluding hydrogens is 252 g/mol. The van der Waals surface area contributed by atoms with E-state index < -0.39 is 10.2 Å². The van der Waals surface area contributed by atoms with E-state index in [9.17, 15) is 8.42 Å². The number of aromatic nitrogens is 2. The maximum atomic E-state index is 11.4. The minimum absolute atomic E-state index is 0.323. The third-order valence-electron chi connectivity index (χ3n) is 2.49. The molecule has 0 saturated carbocycles. The lowest BCUT2D eigenvalue weighted by Crippen LogP contribution is -2.37. The zero-order valence-corrected chi connectivity index (χ0v) is 10.9. The van der Waals surface area contributed by atoms with Crippen molar-refractivity contribution in [2.45, 2.75) is 13.3 Å². The molecule has 7 heteroatoms. The van der Waals surface area contributed by atoms with Gasteiger partial charge in [0.2, 0.25) is 0 Å². The van der Waals surface area contributed by atoms with E-state index in [2.05, 4.69) is 14.4 Å². The highest BCUT2D eigenvalue weighted by Crippen LogP contribution is 2.06. The van der Waals surface area contributed by atoms with E-state index in [4.69, 9.17) is 0 Å². The number of hydrogen-bond donors (Lipinski definition) is 2. The van der Waals surface area contributed by atoms with Crippen molar-refractivity contribution in [1.29, 1.82) is 0 Å². The van der Waals surface area contributed by atoms with Crippen LogP contribution in [0.3, 0.4) is 0 Å². The second-order valence-electron chi connectivity index (χ2n) is 3.82. The highest BCUT2D eigenvalue weighted by molar-refractivity contribution is 7.87. The second kappa shape index (κ2) is 5.47. The molecule has 0 atom stereocenters. The number of rotatable bonds is 6. The van der Waals surface area contributed by atoms with E-state index >= 15 is 0 Å². The largest absolute Gasteiger partial charge is 0.304 e. The molecule has 0 aliphatic rings. The summed E-state index contributed by atoms with van der Waals surface area (Å²) in [4.78, 5) is 4.27. The third kappa shape index (κ3) is 3.06. The predicted octanol–water partition coefficient (Wildman–Crippen LogP) is 0.321. The first kappa shape index (κ1) is 13.0. The van der Waals surface area contributed by atoms with Gasteiger partial charge < -0.3 is 4.40 Å². The SMILES string of the molecule is CCNS(=O)(=O)NCCc1ncc2ccccn12. The van der Waals surface area contributed by atoms with E-state index in [1.807, 2.05) is 28.8 Å². The van der Waals surface area contributed by atoms with Gasteiger partial charge in [-0.25, -0.2) is 14.4 Å². The molecule has 98 valence electrons. The number of pyridine rings is 1. The van der Waals surface area contributed by atoms with Gasteiger partial charge in [-0.1, -0.05) is 13.0 Å². The van der Waals surface area contributed by atoms with Crippen LogP contribution in [0.2, 0.25) is 0 Å². The van der Waals surface area contributed by atoms with E-state index in [1.165, 1.54) is 0 Å². The lowest BCUT2D eigenvalue weighted by atomic mass is 10.4. The molecule has 0 aromatic carbocycles. The van der Waals surface area contributed by atoms with Crippen molar-refractivity contribution in [2.24, 2.45) is 0 Å². The molecule has 2 N–H and O–H groups in total. The van der Waals surface area contributed by atoms with Crippen LogP contribution >= 0.6 is 0 Å². The smallest absolute Gasteiger partial charge is 0.276 e. The van der Waals surface area contributed by atoms with Crippen LogP contribution in [0.5, 0.6) is 0 Å². The fourth-order valence-corrected chi connectivity index (χ4v) is 2.58. The molecule has 0 amide bonds. The monoisotopic (exact) mass is 268 g/mol. The van der Waals surface area contributed by atoms with Gasteiger partial charge in [0.1, 0.15) is 5.82 Å². The Morgan fingerprint density at radius 2 is 2.17 bits per heavy atom. The Morgan fingerprint density at radius 1 is 1.33 bits per heavy atom. The van der Waals surface area contributed by atoms with Crippen LogP contribution < -0.4 is 9.44 Å². The van der Waals surface area contributed by atoms with Gasteiger partial charge in [-0.3, -0.25) is 0 Å². The van der Waals surface area contributed by atoms with Gasteiger partial charge in [-0.05, 0) is 12.1 Å². The van der Waals surface area contributed by atoms with Crippen molar-refractivity contribution < 1.29 is 8.42 Å². The van der Waals surface area contributed by atoms with Crippen LogP contribution in [-0.2, 0) is 16.6 Å². The molecule has 18 heavy (non-hydrogen) atoms. The standard InChI is InChI=1S/C11H16N4O2S/c1-2-13-18(16,17)14-7-6-11-12-9-10-5-3-4-8-15(10)11/h3-5,8-9,13-14H,2,6-7H2,1H3. The Morgan fingerprint density at radius 3 is 2.94 bits per heavy atom. The first-order valence-corrected chi connectivity index (χ1v) is 7.26. The summed E-state index contributed by atoms with van der Waals surface area (Å²) in [5, 5.41) is 0. The van der Waals surface area contributed by atoms with E-state index in [-0.39, 0.29) is 0 Å². The summed E-state index contributed by atoms with van der Waals surface area (Å²) < 4.78 is 29.5. The quantitative estimate of drug-likeness (QED) is 0.792. The fraction of sp³-hybridized carbons (Fsp3) is 0.364. The summed E-state index contributed by atoms with van der Waals surface area (Å²) in [7, 11) is -3.38. The van der Waals surface area contributed by atoms with Gasteiger partial charge in [0.05, 0.1) is 11.7 Å². The van der Waals surface area contributed by atoms with Crippen molar-refractivity contribution in [3.63, 3.8) is 0 Å². The van der Waals surface area contributed by atoms with Gasteiger partial charge >= 0.3 is 0 Å². The Balaban J connectivity index is 1.99. The first-order valence-electron chi connectivity index (χ1n) is 5.77. The Bertz CT molecular complexity index is 621. The molecule has 0 saturated heterocycles. The van der Waals surface area contributed by atoms with Crippen molar-refractivity contribution in [2.75, 3.05) is 13.1 Å². The van der Waals surface area contributed by atoms with Gasteiger partial charge in [0.15, 0.2) is 0 Å². The molecule has 2 heterocycles. The van der Waals surface area contributed by atoms with Crippen LogP contribution in [0, 0.1) is 0 Å². The molecule has 0 fully saturated rings. The van der Waals surface area contributed by atoms with Crippen molar-refractivity contribution in [3.8, 4) is 0 Å². The molecule has 0 bridgehead atoms. The Hall–Kier alpha value is -1.44. The number of hydrogen-bond acceptors (Lipinski definition) is 3. The number of nitrogens with one attached hydrogen (secondary N) is 2. The Kier molecular flexibility index (Phi) is 3.95. The summed E-state index contributed by atoms with van der Waals surface area (Å²) in [6.07, 6.45) is 4.23. The second-order valence-corrected chi connectivity index (χ2v) is 5.40. The maximum Gasteiger partial charge on any atom is 0.276 e. The van der Waals surface area contributed by atoms with Gasteiger partial charge in [-0.2, -0.15) is 8.42 Å². The molecular formula is C11H16N4O2S. The average molecular weight is 268 g/mol. The number of nitrogens with zero attached hydrogens (tertiary/aromatic N) is 2. The summed E-state index contributed by atoms with van der Waals surface area (Å²) >= 11 is 0. The molecule has 0 spiro atoms. The highest BCUT2D eigenvalue weighted by atomic mass is 32.2. The predicted molar refractivity (Wildman–Crippen MR) is 69.5 cm³/mol. The number of fused-ring (bicyclic) bond motifs is 1. The molecule has 2 rings (SSSR count). The molecule has 0 aliphatic carbocycles. The minimum Gasteiger partial charge on any atom is -0.304 e. The summed E-state index contributed by atoms with van der Waals surface area (Å²) in [6, 6.07) is 5.81. The number of imidazole rings is 1. The fourth-order valence-electron chi connectivity index (χ4n) is 1.72. The molecule has 6 nitrogen and oxygen atoms in total. The van der Waals surface area contributed by atoms with Crippen molar-refractivity contribution >= 4 is 15.7 Å². The lowest BCUT2D eigenvalue weighted by Gasteiger charge is -2.06. The van der Waals surface area contributed by atoms with Crippen molar-refractivity contribution in [1.82, 2.24) is 18.8 Å². The summed E-state index contributed by atoms with van der Waals surface area (Å²) in [5.74, 6) is 0.838. The molecule has 2 aromatic rings. The van der Waals surface area contributed by atoms with Crippen LogP contribution in [0.15, 0.2) is 30.6 Å². The van der Waals surface area contributed by atoms with Gasteiger partial charge in [0, 0.05) is 25.7 Å². The average Bonchev–Trinajstić information content (AvgIpc) is 2.73. The normalized spacial score (nSPS) is 12.1. The first-order chi connectivity index (χ1) is 8.62. The Labute approximate surface area is 106 Å². The van der Waals surface area contributed by atoms with E-state index in [0.29, 0.717) is 19.5 Å². The van der Waals surface area contributed by atoms with Gasteiger partial charge in [0.25, 0.3) is 10.2 Å². The lowest BCUT2D eigenvalue weighted by molar-refractivity contribution is 0.568. The minimum atomic E-state index is -3.38. The molecule has 0 aliphatic heterocycles. The molecule has 0 radical (unpaired) electrons. The van der Waals surface area contributed by atoms with Crippen LogP contribution in [-0.4, -0.2) is 30.9 Å². The molecule has 2 aromatic heterocycles. The zero-order valence-electron chi connectivity index (χ0n) is 10.1. The topological polar surface area (TPSA) is 75.5 Å². The van der Waals surface area contributed by atoms with E-state index in [0.717, 1.165) is 11.3 Å². The van der Waals surface area contributed by atoms with Crippen LogP contribution in [0.1, 0.15) is 12.7 Å². The maximum absolute atomic E-state index is 11.4. The van der Waals surface area contributed by atoms with Crippen LogP contribution in [0.4, 0.5) is 0 Å². The van der Waals surface area contributed by atoms with E-state index in [1.54, 1.807) is 13.1 Å². The third-order valence-corrected chi connectivity index (χ3v) is 3.74. The zero-order chi connectivity index (χ0) is 13.0.